The fourth-order valence-corrected chi connectivity index (χ4v) is 10.5. The fraction of sp³-hybridized carbons (Fsp3) is 0.833. The third-order valence-electron chi connectivity index (χ3n) is 12.7. The van der Waals surface area contributed by atoms with Crippen molar-refractivity contribution in [3.05, 3.63) is 0 Å². The Balaban J connectivity index is 1.35. The minimum absolute atomic E-state index is 0.00320. The Morgan fingerprint density at radius 2 is 1.49 bits per heavy atom. The molecule has 0 aromatic heterocycles. The van der Waals surface area contributed by atoms with Crippen LogP contribution >= 0.6 is 0 Å². The van der Waals surface area contributed by atoms with Crippen molar-refractivity contribution in [1.82, 2.24) is 0 Å². The Kier molecular flexibility index (Phi) is 11.3. The molecule has 5 rings (SSSR count). The predicted octanol–water partition coefficient (Wildman–Crippen LogP) is 1.94. The molecule has 0 bridgehead atoms. The molecule has 4 aliphatic carbocycles. The summed E-state index contributed by atoms with van der Waals surface area (Å²) >= 11 is 0. The van der Waals surface area contributed by atoms with Gasteiger partial charge in [-0.15, -0.1) is 0 Å². The van der Waals surface area contributed by atoms with Gasteiger partial charge in [0.2, 0.25) is 0 Å². The van der Waals surface area contributed by atoms with Crippen LogP contribution in [-0.4, -0.2) is 108 Å². The molecule has 14 atom stereocenters. The van der Waals surface area contributed by atoms with Gasteiger partial charge in [-0.3, -0.25) is 24.0 Å². The van der Waals surface area contributed by atoms with Gasteiger partial charge in [-0.25, -0.2) is 4.79 Å². The van der Waals surface area contributed by atoms with E-state index in [1.807, 2.05) is 6.92 Å². The zero-order valence-corrected chi connectivity index (χ0v) is 30.4. The molecule has 4 saturated carbocycles. The Morgan fingerprint density at radius 1 is 0.863 bits per heavy atom. The summed E-state index contributed by atoms with van der Waals surface area (Å²) in [4.78, 5) is 75.0. The molecule has 0 amide bonds. The van der Waals surface area contributed by atoms with Crippen LogP contribution in [0.3, 0.4) is 0 Å². The Bertz CT molecular complexity index is 1400. The van der Waals surface area contributed by atoms with Gasteiger partial charge < -0.3 is 43.4 Å². The van der Waals surface area contributed by atoms with Gasteiger partial charge in [-0.05, 0) is 68.1 Å². The second-order valence-electron chi connectivity index (χ2n) is 15.6. The normalized spacial score (nSPS) is 42.3. The van der Waals surface area contributed by atoms with E-state index in [0.29, 0.717) is 32.1 Å². The van der Waals surface area contributed by atoms with Crippen LogP contribution in [0.1, 0.15) is 92.9 Å². The van der Waals surface area contributed by atoms with Crippen molar-refractivity contribution in [2.75, 3.05) is 13.7 Å². The number of carbonyl (C=O) groups is 6. The molecular formula is C36H52O15. The summed E-state index contributed by atoms with van der Waals surface area (Å²) in [6.07, 6.45) is -4.87. The van der Waals surface area contributed by atoms with E-state index in [1.165, 1.54) is 6.92 Å². The lowest BCUT2D eigenvalue weighted by Gasteiger charge is -2.61. The molecule has 0 unspecified atom stereocenters. The maximum atomic E-state index is 14.2. The first-order valence-electron chi connectivity index (χ1n) is 17.8. The number of hydrogen-bond donors (Lipinski definition) is 2. The van der Waals surface area contributed by atoms with Gasteiger partial charge in [-0.1, -0.05) is 13.8 Å². The monoisotopic (exact) mass is 724 g/mol. The topological polar surface area (TPSA) is 207 Å². The predicted molar refractivity (Wildman–Crippen MR) is 172 cm³/mol. The minimum atomic E-state index is -1.57. The number of Topliss-reactive ketones (excluding diaryl/α,β-unsaturated/α-hetero) is 1. The Labute approximate surface area is 297 Å². The second kappa shape index (κ2) is 14.7. The highest BCUT2D eigenvalue weighted by molar-refractivity contribution is 5.84. The van der Waals surface area contributed by atoms with Crippen LogP contribution in [0, 0.1) is 34.5 Å². The summed E-state index contributed by atoms with van der Waals surface area (Å²) in [5.74, 6) is -3.95. The number of ketones is 1. The summed E-state index contributed by atoms with van der Waals surface area (Å²) < 4.78 is 38.8. The van der Waals surface area contributed by atoms with Crippen LogP contribution < -0.4 is 0 Å². The number of esters is 5. The van der Waals surface area contributed by atoms with Crippen LogP contribution in [0.4, 0.5) is 0 Å². The molecule has 5 aliphatic rings. The fourth-order valence-electron chi connectivity index (χ4n) is 10.5. The van der Waals surface area contributed by atoms with Gasteiger partial charge in [-0.2, -0.15) is 0 Å². The van der Waals surface area contributed by atoms with Crippen molar-refractivity contribution in [1.29, 1.82) is 0 Å². The molecule has 15 nitrogen and oxygen atoms in total. The molecule has 0 aromatic carbocycles. The van der Waals surface area contributed by atoms with E-state index in [4.69, 9.17) is 33.2 Å². The van der Waals surface area contributed by atoms with E-state index in [0.717, 1.165) is 40.7 Å². The van der Waals surface area contributed by atoms with Crippen LogP contribution in [-0.2, 0) is 61.9 Å². The van der Waals surface area contributed by atoms with Gasteiger partial charge in [0.1, 0.15) is 18.5 Å². The number of fused-ring (bicyclic) bond motifs is 5. The third-order valence-corrected chi connectivity index (χ3v) is 12.7. The number of ether oxygens (including phenoxy) is 7. The number of hydrogen-bond acceptors (Lipinski definition) is 15. The van der Waals surface area contributed by atoms with Crippen molar-refractivity contribution in [2.24, 2.45) is 34.5 Å². The summed E-state index contributed by atoms with van der Waals surface area (Å²) in [5, 5.41) is 22.9. The summed E-state index contributed by atoms with van der Waals surface area (Å²) in [5.41, 5.74) is -2.83. The van der Waals surface area contributed by atoms with Crippen LogP contribution in [0.5, 0.6) is 0 Å². The van der Waals surface area contributed by atoms with Crippen LogP contribution in [0.25, 0.3) is 0 Å². The highest BCUT2D eigenvalue weighted by Gasteiger charge is 2.69. The molecule has 1 heterocycles. The highest BCUT2D eigenvalue weighted by Crippen LogP contribution is 2.68. The van der Waals surface area contributed by atoms with Crippen LogP contribution in [0.15, 0.2) is 0 Å². The lowest BCUT2D eigenvalue weighted by molar-refractivity contribution is -0.314. The molecular weight excluding hydrogens is 672 g/mol. The van der Waals surface area contributed by atoms with E-state index in [-0.39, 0.29) is 47.9 Å². The van der Waals surface area contributed by atoms with E-state index in [2.05, 4.69) is 6.92 Å². The van der Waals surface area contributed by atoms with Gasteiger partial charge >= 0.3 is 29.8 Å². The quantitative estimate of drug-likeness (QED) is 0.198. The standard InChI is InChI=1S/C36H52O15/c1-17(37)46-16-26(42)36(44)13-11-24-23-9-8-21-14-22(10-12-34(21,5)27(23)25(41)15-35(24,36)6)50-33-31(49-20(4)40)29(48-19(3)39)28(47-18(2)38)30(51-33)32(43)45-7/h21-24,26-31,33,42,44H,8-16H2,1-7H3/t21-,22-,23+,24+,26-,27-,28+,29+,30-,31-,33-,34-,35-,36+/m1/s1. The maximum Gasteiger partial charge on any atom is 0.339 e. The number of methoxy groups -OCH3 is 1. The van der Waals surface area contributed by atoms with E-state index < -0.39 is 83.8 Å². The van der Waals surface area contributed by atoms with E-state index >= 15 is 0 Å². The molecule has 1 aliphatic heterocycles. The molecule has 0 spiro atoms. The van der Waals surface area contributed by atoms with E-state index in [1.54, 1.807) is 0 Å². The number of aliphatic hydroxyl groups is 2. The highest BCUT2D eigenvalue weighted by atomic mass is 16.7. The van der Waals surface area contributed by atoms with Gasteiger partial charge in [0, 0.05) is 45.4 Å². The third kappa shape index (κ3) is 7.15. The van der Waals surface area contributed by atoms with Gasteiger partial charge in [0.05, 0.1) is 18.8 Å². The number of rotatable bonds is 9. The lowest BCUT2D eigenvalue weighted by Crippen LogP contribution is -2.65. The average Bonchev–Trinajstić information content (AvgIpc) is 3.31. The van der Waals surface area contributed by atoms with Gasteiger partial charge in [0.25, 0.3) is 0 Å². The molecule has 2 N–H and O–H groups in total. The largest absolute Gasteiger partial charge is 0.467 e. The maximum absolute atomic E-state index is 14.2. The van der Waals surface area contributed by atoms with E-state index in [9.17, 15) is 39.0 Å². The van der Waals surface area contributed by atoms with Crippen molar-refractivity contribution >= 4 is 35.6 Å². The minimum Gasteiger partial charge on any atom is -0.467 e. The first-order chi connectivity index (χ1) is 23.9. The van der Waals surface area contributed by atoms with Crippen molar-refractivity contribution < 1.29 is 72.1 Å². The van der Waals surface area contributed by atoms with Crippen molar-refractivity contribution in [3.63, 3.8) is 0 Å². The molecule has 15 heteroatoms. The zero-order chi connectivity index (χ0) is 37.6. The molecule has 0 aromatic rings. The SMILES string of the molecule is COC(=O)[C@@H]1O[C@@H](O[C@@H]2CC[C@]3(C)[C@H](CC[C@@H]4[C@@H]3C(=O)C[C@]3(C)[C@H]4CC[C@]3(O)[C@H](O)COC(C)=O)C2)[C@H](OC(C)=O)[C@@H](OC(C)=O)[C@@H]1OC(C)=O. The van der Waals surface area contributed by atoms with Crippen molar-refractivity contribution in [2.45, 2.75) is 141 Å². The number of aliphatic hydroxyl groups excluding tert-OH is 1. The number of carbonyl (C=O) groups excluding carboxylic acids is 6. The Morgan fingerprint density at radius 3 is 2.10 bits per heavy atom. The first kappa shape index (κ1) is 39.1. The smallest absolute Gasteiger partial charge is 0.339 e. The molecule has 51 heavy (non-hydrogen) atoms. The molecule has 5 fully saturated rings. The van der Waals surface area contributed by atoms with Crippen molar-refractivity contribution in [3.8, 4) is 0 Å². The lowest BCUT2D eigenvalue weighted by atomic mass is 9.44. The summed E-state index contributed by atoms with van der Waals surface area (Å²) in [7, 11) is 1.12. The molecule has 0 radical (unpaired) electrons. The Hall–Kier alpha value is -3.14. The zero-order valence-electron chi connectivity index (χ0n) is 30.4. The second-order valence-corrected chi connectivity index (χ2v) is 15.6. The average molecular weight is 725 g/mol. The molecule has 286 valence electrons. The summed E-state index contributed by atoms with van der Waals surface area (Å²) in [6.45, 7) is 8.31. The van der Waals surface area contributed by atoms with Gasteiger partial charge in [0.15, 0.2) is 30.7 Å². The summed E-state index contributed by atoms with van der Waals surface area (Å²) in [6, 6.07) is 0. The first-order valence-corrected chi connectivity index (χ1v) is 17.8. The molecule has 1 saturated heterocycles. The van der Waals surface area contributed by atoms with Crippen LogP contribution in [0.2, 0.25) is 0 Å².